The third kappa shape index (κ3) is 6.14. The minimum Gasteiger partial charge on any atom is -0.381 e. The highest BCUT2D eigenvalue weighted by Crippen LogP contribution is 2.26. The van der Waals surface area contributed by atoms with Crippen molar-refractivity contribution in [1.82, 2.24) is 20.5 Å². The number of rotatable bonds is 6. The molecule has 0 bridgehead atoms. The van der Waals surface area contributed by atoms with Gasteiger partial charge in [-0.3, -0.25) is 4.99 Å². The van der Waals surface area contributed by atoms with Crippen molar-refractivity contribution in [2.75, 3.05) is 58.4 Å². The van der Waals surface area contributed by atoms with E-state index >= 15 is 0 Å². The zero-order chi connectivity index (χ0) is 20.0. The molecule has 0 aromatic carbocycles. The fourth-order valence-corrected chi connectivity index (χ4v) is 3.92. The van der Waals surface area contributed by atoms with Crippen LogP contribution in [0.5, 0.6) is 0 Å². The lowest BCUT2D eigenvalue weighted by Gasteiger charge is -2.41. The normalized spacial score (nSPS) is 21.8. The van der Waals surface area contributed by atoms with Gasteiger partial charge in [-0.15, -0.1) is 24.0 Å². The van der Waals surface area contributed by atoms with Crippen LogP contribution in [0.25, 0.3) is 0 Å². The van der Waals surface area contributed by atoms with Gasteiger partial charge in [-0.1, -0.05) is 0 Å². The Labute approximate surface area is 190 Å². The van der Waals surface area contributed by atoms with Gasteiger partial charge < -0.3 is 25.2 Å². The van der Waals surface area contributed by atoms with Crippen LogP contribution in [-0.2, 0) is 4.74 Å². The number of ether oxygens (including phenoxy) is 1. The number of pyridine rings is 1. The lowest BCUT2D eigenvalue weighted by molar-refractivity contribution is -0.00255. The van der Waals surface area contributed by atoms with E-state index in [1.165, 1.54) is 6.07 Å². The molecule has 0 radical (unpaired) electrons. The highest BCUT2D eigenvalue weighted by molar-refractivity contribution is 14.0. The summed E-state index contributed by atoms with van der Waals surface area (Å²) in [7, 11) is 4.24. The third-order valence-corrected chi connectivity index (χ3v) is 5.82. The molecule has 0 spiro atoms. The van der Waals surface area contributed by atoms with E-state index in [9.17, 15) is 4.39 Å². The Hall–Kier alpha value is -1.20. The van der Waals surface area contributed by atoms with Crippen molar-refractivity contribution in [3.05, 3.63) is 24.1 Å². The van der Waals surface area contributed by atoms with Crippen molar-refractivity contribution in [3.8, 4) is 0 Å². The molecule has 0 aliphatic carbocycles. The number of guanidine groups is 1. The second kappa shape index (κ2) is 11.3. The molecule has 1 unspecified atom stereocenters. The molecule has 2 fully saturated rings. The molecule has 164 valence electrons. The first-order valence-corrected chi connectivity index (χ1v) is 10.2. The molecule has 1 atom stereocenters. The fourth-order valence-electron chi connectivity index (χ4n) is 3.92. The summed E-state index contributed by atoms with van der Waals surface area (Å²) in [6.45, 7) is 6.65. The number of aromatic nitrogens is 1. The number of nitrogens with one attached hydrogen (secondary N) is 2. The quantitative estimate of drug-likeness (QED) is 0.341. The standard InChI is InChI=1S/C20H33FN6O.HI/c1-4-22-19(24-15-20(26(2)3)8-12-28-13-9-20)25-16-7-11-27(14-16)18-17(21)6-5-10-23-18;/h5-6,10,16H,4,7-9,11-15H2,1-3H3,(H2,22,24,25);1H. The van der Waals surface area contributed by atoms with Crippen molar-refractivity contribution in [3.63, 3.8) is 0 Å². The molecule has 2 N–H and O–H groups in total. The number of nitrogens with zero attached hydrogens (tertiary/aromatic N) is 4. The molecule has 0 amide bonds. The Morgan fingerprint density at radius 3 is 2.83 bits per heavy atom. The summed E-state index contributed by atoms with van der Waals surface area (Å²) < 4.78 is 19.6. The molecule has 2 aliphatic rings. The van der Waals surface area contributed by atoms with Crippen LogP contribution in [0.3, 0.4) is 0 Å². The average molecular weight is 520 g/mol. The number of hydrogen-bond donors (Lipinski definition) is 2. The van der Waals surface area contributed by atoms with Gasteiger partial charge in [-0.05, 0) is 52.4 Å². The molecular formula is C20H34FIN6O. The topological polar surface area (TPSA) is 65.0 Å². The van der Waals surface area contributed by atoms with Crippen LogP contribution in [0, 0.1) is 5.82 Å². The maximum Gasteiger partial charge on any atom is 0.191 e. The second-order valence-electron chi connectivity index (χ2n) is 7.81. The van der Waals surface area contributed by atoms with E-state index < -0.39 is 0 Å². The first-order chi connectivity index (χ1) is 13.5. The van der Waals surface area contributed by atoms with Crippen LogP contribution < -0.4 is 15.5 Å². The third-order valence-electron chi connectivity index (χ3n) is 5.82. The molecular weight excluding hydrogens is 486 g/mol. The largest absolute Gasteiger partial charge is 0.381 e. The van der Waals surface area contributed by atoms with Gasteiger partial charge in [0.05, 0.1) is 6.54 Å². The van der Waals surface area contributed by atoms with E-state index in [4.69, 9.17) is 9.73 Å². The molecule has 3 rings (SSSR count). The summed E-state index contributed by atoms with van der Waals surface area (Å²) in [6.07, 6.45) is 4.53. The van der Waals surface area contributed by atoms with Crippen LogP contribution >= 0.6 is 24.0 Å². The van der Waals surface area contributed by atoms with Crippen molar-refractivity contribution in [2.45, 2.75) is 37.8 Å². The smallest absolute Gasteiger partial charge is 0.191 e. The van der Waals surface area contributed by atoms with E-state index in [0.29, 0.717) is 12.4 Å². The molecule has 1 aromatic rings. The Morgan fingerprint density at radius 1 is 1.41 bits per heavy atom. The molecule has 9 heteroatoms. The number of likely N-dealkylation sites (N-methyl/N-ethyl adjacent to an activating group) is 1. The minimum absolute atomic E-state index is 0. The predicted molar refractivity (Wildman–Crippen MR) is 126 cm³/mol. The van der Waals surface area contributed by atoms with E-state index in [0.717, 1.165) is 58.1 Å². The van der Waals surface area contributed by atoms with Gasteiger partial charge in [-0.25, -0.2) is 9.37 Å². The van der Waals surface area contributed by atoms with Crippen molar-refractivity contribution in [1.29, 1.82) is 0 Å². The Balaban J connectivity index is 0.00000300. The van der Waals surface area contributed by atoms with E-state index in [1.807, 2.05) is 4.90 Å². The SMILES string of the molecule is CCNC(=NCC1(N(C)C)CCOCC1)NC1CCN(c2ncccc2F)C1.I. The van der Waals surface area contributed by atoms with Gasteiger partial charge in [0.15, 0.2) is 17.6 Å². The predicted octanol–water partition coefficient (Wildman–Crippen LogP) is 2.08. The summed E-state index contributed by atoms with van der Waals surface area (Å²) in [5.74, 6) is 0.988. The fraction of sp³-hybridized carbons (Fsp3) is 0.700. The van der Waals surface area contributed by atoms with Gasteiger partial charge in [0.1, 0.15) is 0 Å². The number of halogens is 2. The van der Waals surface area contributed by atoms with Gasteiger partial charge in [0, 0.05) is 50.6 Å². The molecule has 1 aromatic heterocycles. The van der Waals surface area contributed by atoms with E-state index in [1.54, 1.807) is 12.3 Å². The number of hydrogen-bond acceptors (Lipinski definition) is 5. The van der Waals surface area contributed by atoms with Crippen LogP contribution in [-0.4, -0.2) is 80.9 Å². The van der Waals surface area contributed by atoms with Crippen molar-refractivity contribution >= 4 is 35.8 Å². The summed E-state index contributed by atoms with van der Waals surface area (Å²) in [5, 5.41) is 6.88. The second-order valence-corrected chi connectivity index (χ2v) is 7.81. The number of aliphatic imine (C=N–C) groups is 1. The van der Waals surface area contributed by atoms with E-state index in [2.05, 4.69) is 41.5 Å². The summed E-state index contributed by atoms with van der Waals surface area (Å²) in [4.78, 5) is 13.4. The monoisotopic (exact) mass is 520 g/mol. The lowest BCUT2D eigenvalue weighted by Crippen LogP contribution is -2.52. The van der Waals surface area contributed by atoms with Crippen LogP contribution in [0.15, 0.2) is 23.3 Å². The zero-order valence-electron chi connectivity index (χ0n) is 17.7. The van der Waals surface area contributed by atoms with Crippen LogP contribution in [0.1, 0.15) is 26.2 Å². The molecule has 2 aliphatic heterocycles. The van der Waals surface area contributed by atoms with Crippen molar-refractivity contribution in [2.24, 2.45) is 4.99 Å². The highest BCUT2D eigenvalue weighted by Gasteiger charge is 2.35. The van der Waals surface area contributed by atoms with Gasteiger partial charge in [-0.2, -0.15) is 0 Å². The Morgan fingerprint density at radius 2 is 2.17 bits per heavy atom. The van der Waals surface area contributed by atoms with Crippen LogP contribution in [0.4, 0.5) is 10.2 Å². The summed E-state index contributed by atoms with van der Waals surface area (Å²) >= 11 is 0. The molecule has 29 heavy (non-hydrogen) atoms. The molecule has 2 saturated heterocycles. The van der Waals surface area contributed by atoms with Gasteiger partial charge >= 0.3 is 0 Å². The summed E-state index contributed by atoms with van der Waals surface area (Å²) in [6, 6.07) is 3.30. The first-order valence-electron chi connectivity index (χ1n) is 10.2. The summed E-state index contributed by atoms with van der Waals surface area (Å²) in [5.41, 5.74) is 0.0411. The number of anilines is 1. The molecule has 0 saturated carbocycles. The maximum atomic E-state index is 14.0. The van der Waals surface area contributed by atoms with Crippen molar-refractivity contribution < 1.29 is 9.13 Å². The van der Waals surface area contributed by atoms with E-state index in [-0.39, 0.29) is 41.4 Å². The maximum absolute atomic E-state index is 14.0. The Kier molecular flexibility index (Phi) is 9.35. The first kappa shape index (κ1) is 24.1. The minimum atomic E-state index is -0.267. The lowest BCUT2D eigenvalue weighted by atomic mass is 9.89. The van der Waals surface area contributed by atoms with Crippen LogP contribution in [0.2, 0.25) is 0 Å². The zero-order valence-corrected chi connectivity index (χ0v) is 20.0. The van der Waals surface area contributed by atoms with Gasteiger partial charge in [0.2, 0.25) is 0 Å². The van der Waals surface area contributed by atoms with Gasteiger partial charge in [0.25, 0.3) is 0 Å². The highest BCUT2D eigenvalue weighted by atomic mass is 127. The molecule has 7 nitrogen and oxygen atoms in total. The Bertz CT molecular complexity index is 668. The molecule has 3 heterocycles. The average Bonchev–Trinajstić information content (AvgIpc) is 3.15.